The zero-order valence-electron chi connectivity index (χ0n) is 14.6. The fourth-order valence-corrected chi connectivity index (χ4v) is 4.25. The van der Waals surface area contributed by atoms with Crippen LogP contribution in [0.25, 0.3) is 0 Å². The maximum absolute atomic E-state index is 13.0. The second kappa shape index (κ2) is 6.55. The van der Waals surface area contributed by atoms with Gasteiger partial charge in [0.15, 0.2) is 0 Å². The Bertz CT molecular complexity index is 708. The number of hydrogen-bond donors (Lipinski definition) is 1. The summed E-state index contributed by atoms with van der Waals surface area (Å²) in [6, 6.07) is 0.223. The summed E-state index contributed by atoms with van der Waals surface area (Å²) < 4.78 is 0. The number of carbonyl (C=O) groups is 1. The van der Waals surface area contributed by atoms with E-state index >= 15 is 0 Å². The van der Waals surface area contributed by atoms with E-state index in [1.165, 1.54) is 0 Å². The van der Waals surface area contributed by atoms with Crippen LogP contribution in [0.4, 0.5) is 0 Å². The Balaban J connectivity index is 1.40. The minimum atomic E-state index is -0.193. The molecule has 7 heteroatoms. The molecule has 1 spiro atoms. The topological polar surface area (TPSA) is 78.0 Å². The summed E-state index contributed by atoms with van der Waals surface area (Å²) in [5, 5.41) is 0. The highest BCUT2D eigenvalue weighted by Crippen LogP contribution is 2.44. The minimum absolute atomic E-state index is 0.193. The molecule has 25 heavy (non-hydrogen) atoms. The molecule has 2 aromatic rings. The lowest BCUT2D eigenvalue weighted by atomic mass is 9.75. The second-order valence-corrected chi connectivity index (χ2v) is 7.27. The summed E-state index contributed by atoms with van der Waals surface area (Å²) in [6.45, 7) is 2.71. The number of hydrogen-bond acceptors (Lipinski definition) is 5. The van der Waals surface area contributed by atoms with E-state index in [2.05, 4.69) is 24.8 Å². The van der Waals surface area contributed by atoms with Gasteiger partial charge in [0.05, 0.1) is 17.7 Å². The number of imidazole rings is 1. The maximum atomic E-state index is 13.0. The zero-order valence-corrected chi connectivity index (χ0v) is 14.6. The summed E-state index contributed by atoms with van der Waals surface area (Å²) in [5.74, 6) is 1.30. The van der Waals surface area contributed by atoms with Crippen molar-refractivity contribution in [3.8, 4) is 0 Å². The average Bonchev–Trinajstić information content (AvgIpc) is 3.22. The van der Waals surface area contributed by atoms with E-state index < -0.39 is 0 Å². The van der Waals surface area contributed by atoms with Crippen LogP contribution in [0.15, 0.2) is 31.0 Å². The highest BCUT2D eigenvalue weighted by molar-refractivity contribution is 5.85. The van der Waals surface area contributed by atoms with Crippen LogP contribution in [0.1, 0.15) is 30.8 Å². The molecule has 7 nitrogen and oxygen atoms in total. The summed E-state index contributed by atoms with van der Waals surface area (Å²) in [4.78, 5) is 33.2. The van der Waals surface area contributed by atoms with Crippen LogP contribution >= 0.6 is 0 Å². The third-order valence-electron chi connectivity index (χ3n) is 5.75. The lowest BCUT2D eigenvalue weighted by molar-refractivity contribution is -0.137. The van der Waals surface area contributed by atoms with Gasteiger partial charge in [-0.15, -0.1) is 0 Å². The Morgan fingerprint density at radius 2 is 2.08 bits per heavy atom. The normalized spacial score (nSPS) is 23.5. The highest BCUT2D eigenvalue weighted by Gasteiger charge is 2.51. The van der Waals surface area contributed by atoms with Gasteiger partial charge in [0, 0.05) is 50.5 Å². The maximum Gasteiger partial charge on any atom is 0.228 e. The molecule has 0 saturated carbocycles. The number of likely N-dealkylation sites (tertiary alicyclic amines) is 2. The van der Waals surface area contributed by atoms with E-state index in [9.17, 15) is 4.79 Å². The van der Waals surface area contributed by atoms with Crippen LogP contribution in [0, 0.1) is 5.41 Å². The molecular weight excluding hydrogens is 316 g/mol. The van der Waals surface area contributed by atoms with Gasteiger partial charge in [0.25, 0.3) is 0 Å². The van der Waals surface area contributed by atoms with Gasteiger partial charge in [-0.25, -0.2) is 4.98 Å². The molecule has 1 N–H and O–H groups in total. The summed E-state index contributed by atoms with van der Waals surface area (Å²) in [6.07, 6.45) is 12.4. The van der Waals surface area contributed by atoms with E-state index in [1.807, 2.05) is 18.1 Å². The van der Waals surface area contributed by atoms with Gasteiger partial charge in [-0.05, 0) is 32.4 Å². The smallest absolute Gasteiger partial charge is 0.228 e. The predicted molar refractivity (Wildman–Crippen MR) is 92.4 cm³/mol. The number of piperidine rings is 1. The number of aromatic amines is 1. The van der Waals surface area contributed by atoms with Crippen molar-refractivity contribution in [3.63, 3.8) is 0 Å². The van der Waals surface area contributed by atoms with Gasteiger partial charge < -0.3 is 9.88 Å². The van der Waals surface area contributed by atoms with Gasteiger partial charge in [0.1, 0.15) is 5.82 Å². The molecule has 1 atom stereocenters. The van der Waals surface area contributed by atoms with E-state index in [1.54, 1.807) is 24.8 Å². The van der Waals surface area contributed by atoms with Crippen molar-refractivity contribution in [2.75, 3.05) is 20.1 Å². The summed E-state index contributed by atoms with van der Waals surface area (Å²) >= 11 is 0. The second-order valence-electron chi connectivity index (χ2n) is 7.27. The molecule has 2 saturated heterocycles. The Morgan fingerprint density at radius 1 is 1.24 bits per heavy atom. The van der Waals surface area contributed by atoms with Gasteiger partial charge in [-0.3, -0.25) is 19.7 Å². The number of likely N-dealkylation sites (N-methyl/N-ethyl adjacent to an activating group) is 1. The van der Waals surface area contributed by atoms with Crippen molar-refractivity contribution in [1.29, 1.82) is 0 Å². The largest absolute Gasteiger partial charge is 0.348 e. The Labute approximate surface area is 147 Å². The average molecular weight is 340 g/mol. The van der Waals surface area contributed by atoms with Crippen molar-refractivity contribution < 1.29 is 4.79 Å². The number of aromatic nitrogens is 4. The first-order valence-corrected chi connectivity index (χ1v) is 8.89. The van der Waals surface area contributed by atoms with Crippen molar-refractivity contribution in [2.24, 2.45) is 5.41 Å². The standard InChI is InChI=1S/C18H24N6O/c1-23-15(10-14-12-19-4-5-20-14)11-18(17(23)25)2-8-24(9-3-18)13-16-21-6-7-22-16/h4-7,12,15H,2-3,8-11,13H2,1H3,(H,21,22)/t15-/m1/s1. The number of carbonyl (C=O) groups excluding carboxylic acids is 1. The van der Waals surface area contributed by atoms with Crippen molar-refractivity contribution in [1.82, 2.24) is 29.7 Å². The van der Waals surface area contributed by atoms with E-state index in [-0.39, 0.29) is 11.5 Å². The Hall–Kier alpha value is -2.28. The van der Waals surface area contributed by atoms with Gasteiger partial charge in [-0.2, -0.15) is 0 Å². The summed E-state index contributed by atoms with van der Waals surface area (Å²) in [5.41, 5.74) is 0.765. The molecular formula is C18H24N6O. The first kappa shape index (κ1) is 16.2. The zero-order chi connectivity index (χ0) is 17.3. The number of nitrogens with one attached hydrogen (secondary N) is 1. The molecule has 0 radical (unpaired) electrons. The molecule has 1 amide bonds. The van der Waals surface area contributed by atoms with E-state index in [0.717, 1.165) is 56.8 Å². The first-order valence-electron chi connectivity index (χ1n) is 8.89. The third-order valence-corrected chi connectivity index (χ3v) is 5.75. The first-order chi connectivity index (χ1) is 12.2. The van der Waals surface area contributed by atoms with Crippen LogP contribution in [0.5, 0.6) is 0 Å². The molecule has 4 heterocycles. The highest BCUT2D eigenvalue weighted by atomic mass is 16.2. The van der Waals surface area contributed by atoms with Gasteiger partial charge >= 0.3 is 0 Å². The van der Waals surface area contributed by atoms with E-state index in [4.69, 9.17) is 0 Å². The van der Waals surface area contributed by atoms with Crippen LogP contribution in [0.3, 0.4) is 0 Å². The fraction of sp³-hybridized carbons (Fsp3) is 0.556. The number of nitrogens with zero attached hydrogens (tertiary/aromatic N) is 5. The Morgan fingerprint density at radius 3 is 2.76 bits per heavy atom. The van der Waals surface area contributed by atoms with Crippen LogP contribution < -0.4 is 0 Å². The van der Waals surface area contributed by atoms with Crippen LogP contribution in [-0.4, -0.2) is 61.8 Å². The molecule has 0 bridgehead atoms. The van der Waals surface area contributed by atoms with Crippen LogP contribution in [0.2, 0.25) is 0 Å². The molecule has 132 valence electrons. The van der Waals surface area contributed by atoms with Crippen LogP contribution in [-0.2, 0) is 17.8 Å². The molecule has 0 unspecified atom stereocenters. The lowest BCUT2D eigenvalue weighted by Crippen LogP contribution is -2.44. The third kappa shape index (κ3) is 3.16. The molecule has 2 aromatic heterocycles. The van der Waals surface area contributed by atoms with Crippen molar-refractivity contribution in [3.05, 3.63) is 42.5 Å². The summed E-state index contributed by atoms with van der Waals surface area (Å²) in [7, 11) is 1.94. The number of rotatable bonds is 4. The molecule has 4 rings (SSSR count). The molecule has 2 aliphatic heterocycles. The molecule has 2 fully saturated rings. The van der Waals surface area contributed by atoms with Gasteiger partial charge in [-0.1, -0.05) is 0 Å². The quantitative estimate of drug-likeness (QED) is 0.906. The SMILES string of the molecule is CN1C(=O)C2(CCN(Cc3ncc[nH]3)CC2)C[C@H]1Cc1cnccn1. The number of amides is 1. The van der Waals surface area contributed by atoms with Crippen molar-refractivity contribution >= 4 is 5.91 Å². The number of H-pyrrole nitrogens is 1. The monoisotopic (exact) mass is 340 g/mol. The molecule has 0 aromatic carbocycles. The minimum Gasteiger partial charge on any atom is -0.348 e. The van der Waals surface area contributed by atoms with Gasteiger partial charge in [0.2, 0.25) is 5.91 Å². The lowest BCUT2D eigenvalue weighted by Gasteiger charge is -2.37. The molecule has 0 aliphatic carbocycles. The fourth-order valence-electron chi connectivity index (χ4n) is 4.25. The predicted octanol–water partition coefficient (Wildman–Crippen LogP) is 1.26. The van der Waals surface area contributed by atoms with Crippen molar-refractivity contribution in [2.45, 2.75) is 38.3 Å². The van der Waals surface area contributed by atoms with E-state index in [0.29, 0.717) is 5.91 Å². The molecule has 2 aliphatic rings. The Kier molecular flexibility index (Phi) is 4.25.